The summed E-state index contributed by atoms with van der Waals surface area (Å²) >= 11 is 6.03. The maximum atomic E-state index is 6.03. The molecular formula is C15H18ClN3O2. The van der Waals surface area contributed by atoms with Crippen LogP contribution in [0.2, 0.25) is 5.02 Å². The first-order valence-electron chi connectivity index (χ1n) is 6.57. The molecule has 0 saturated carbocycles. The number of ether oxygens (including phenoxy) is 2. The molecule has 0 radical (unpaired) electrons. The number of nitrogens with one attached hydrogen (secondary N) is 1. The van der Waals surface area contributed by atoms with Gasteiger partial charge in [-0.2, -0.15) is 0 Å². The van der Waals surface area contributed by atoms with E-state index < -0.39 is 0 Å². The summed E-state index contributed by atoms with van der Waals surface area (Å²) in [6.45, 7) is 2.06. The van der Waals surface area contributed by atoms with Gasteiger partial charge in [0.1, 0.15) is 17.2 Å². The van der Waals surface area contributed by atoms with Gasteiger partial charge in [0.25, 0.3) is 0 Å². The van der Waals surface area contributed by atoms with Gasteiger partial charge in [-0.05, 0) is 31.0 Å². The number of hydrogen-bond acceptors (Lipinski definition) is 5. The zero-order chi connectivity index (χ0) is 15.2. The van der Waals surface area contributed by atoms with Crippen molar-refractivity contribution >= 4 is 17.4 Å². The minimum absolute atomic E-state index is 0.163. The Morgan fingerprint density at radius 3 is 2.67 bits per heavy atom. The van der Waals surface area contributed by atoms with Crippen molar-refractivity contribution in [2.75, 3.05) is 19.5 Å². The fraction of sp³-hybridized carbons (Fsp3) is 0.333. The number of hydrogen-bond donors (Lipinski definition) is 1. The Bertz CT molecular complexity index is 607. The lowest BCUT2D eigenvalue weighted by atomic mass is 10.1. The van der Waals surface area contributed by atoms with Crippen LogP contribution in [0.3, 0.4) is 0 Å². The quantitative estimate of drug-likeness (QED) is 0.888. The SMILES string of the molecule is COc1ccc(CC(C)Nc2ncncc2Cl)cc1OC. The zero-order valence-electron chi connectivity index (χ0n) is 12.3. The van der Waals surface area contributed by atoms with E-state index in [1.165, 1.54) is 6.33 Å². The van der Waals surface area contributed by atoms with Crippen molar-refractivity contribution in [1.82, 2.24) is 9.97 Å². The van der Waals surface area contributed by atoms with E-state index in [9.17, 15) is 0 Å². The summed E-state index contributed by atoms with van der Waals surface area (Å²) in [6, 6.07) is 6.05. The Hall–Kier alpha value is -2.01. The summed E-state index contributed by atoms with van der Waals surface area (Å²) in [4.78, 5) is 7.99. The maximum absolute atomic E-state index is 6.03. The minimum Gasteiger partial charge on any atom is -0.493 e. The first-order valence-corrected chi connectivity index (χ1v) is 6.94. The van der Waals surface area contributed by atoms with Crippen LogP contribution in [0.4, 0.5) is 5.82 Å². The average molecular weight is 308 g/mol. The Kier molecular flexibility index (Phi) is 5.22. The summed E-state index contributed by atoms with van der Waals surface area (Å²) in [6.07, 6.45) is 3.85. The highest BCUT2D eigenvalue weighted by Gasteiger charge is 2.10. The summed E-state index contributed by atoms with van der Waals surface area (Å²) in [5, 5.41) is 3.78. The second kappa shape index (κ2) is 7.13. The second-order valence-electron chi connectivity index (χ2n) is 4.66. The number of methoxy groups -OCH3 is 2. The lowest BCUT2D eigenvalue weighted by Crippen LogP contribution is -2.19. The van der Waals surface area contributed by atoms with Crippen LogP contribution >= 0.6 is 11.6 Å². The number of rotatable bonds is 6. The van der Waals surface area contributed by atoms with Gasteiger partial charge in [0, 0.05) is 6.04 Å². The summed E-state index contributed by atoms with van der Waals surface area (Å²) in [5.41, 5.74) is 1.14. The molecule has 2 rings (SSSR count). The topological polar surface area (TPSA) is 56.3 Å². The fourth-order valence-corrected chi connectivity index (χ4v) is 2.22. The molecule has 0 aliphatic carbocycles. The van der Waals surface area contributed by atoms with Crippen molar-refractivity contribution in [3.8, 4) is 11.5 Å². The molecule has 2 aromatic rings. The van der Waals surface area contributed by atoms with Gasteiger partial charge in [-0.1, -0.05) is 17.7 Å². The molecule has 0 aliphatic heterocycles. The number of aromatic nitrogens is 2. The van der Waals surface area contributed by atoms with Crippen LogP contribution in [-0.4, -0.2) is 30.2 Å². The Morgan fingerprint density at radius 1 is 1.24 bits per heavy atom. The van der Waals surface area contributed by atoms with Crippen molar-refractivity contribution < 1.29 is 9.47 Å². The first kappa shape index (κ1) is 15.4. The van der Waals surface area contributed by atoms with E-state index in [0.29, 0.717) is 10.8 Å². The van der Waals surface area contributed by atoms with E-state index >= 15 is 0 Å². The van der Waals surface area contributed by atoms with Crippen LogP contribution in [0.25, 0.3) is 0 Å². The van der Waals surface area contributed by atoms with Crippen molar-refractivity contribution in [2.24, 2.45) is 0 Å². The monoisotopic (exact) mass is 307 g/mol. The van der Waals surface area contributed by atoms with E-state index in [1.807, 2.05) is 18.2 Å². The molecule has 1 unspecified atom stereocenters. The summed E-state index contributed by atoms with van der Waals surface area (Å²) in [5.74, 6) is 2.09. The van der Waals surface area contributed by atoms with Crippen LogP contribution in [0, 0.1) is 0 Å². The molecule has 1 aromatic carbocycles. The molecular weight excluding hydrogens is 290 g/mol. The largest absolute Gasteiger partial charge is 0.493 e. The predicted molar refractivity (Wildman–Crippen MR) is 83.4 cm³/mol. The van der Waals surface area contributed by atoms with Crippen molar-refractivity contribution in [3.05, 3.63) is 41.3 Å². The van der Waals surface area contributed by atoms with E-state index in [-0.39, 0.29) is 6.04 Å². The molecule has 21 heavy (non-hydrogen) atoms. The third-order valence-electron chi connectivity index (χ3n) is 3.04. The van der Waals surface area contributed by atoms with Gasteiger partial charge < -0.3 is 14.8 Å². The van der Waals surface area contributed by atoms with Gasteiger partial charge in [0.2, 0.25) is 0 Å². The van der Waals surface area contributed by atoms with Gasteiger partial charge in [-0.3, -0.25) is 0 Å². The second-order valence-corrected chi connectivity index (χ2v) is 5.07. The molecule has 5 nitrogen and oxygen atoms in total. The standard InChI is InChI=1S/C15H18ClN3O2/c1-10(19-15-12(16)8-17-9-18-15)6-11-4-5-13(20-2)14(7-11)21-3/h4-5,7-10H,6H2,1-3H3,(H,17,18,19). The lowest BCUT2D eigenvalue weighted by Gasteiger charge is -2.16. The highest BCUT2D eigenvalue weighted by atomic mass is 35.5. The van der Waals surface area contributed by atoms with Crippen LogP contribution in [-0.2, 0) is 6.42 Å². The van der Waals surface area contributed by atoms with Crippen LogP contribution in [0.5, 0.6) is 11.5 Å². The van der Waals surface area contributed by atoms with Crippen molar-refractivity contribution in [3.63, 3.8) is 0 Å². The fourth-order valence-electron chi connectivity index (χ4n) is 2.06. The number of anilines is 1. The Labute approximate surface area is 129 Å². The molecule has 1 aromatic heterocycles. The molecule has 1 N–H and O–H groups in total. The minimum atomic E-state index is 0.163. The predicted octanol–water partition coefficient (Wildman–Crippen LogP) is 3.19. The molecule has 112 valence electrons. The van der Waals surface area contributed by atoms with E-state index in [1.54, 1.807) is 20.4 Å². The highest BCUT2D eigenvalue weighted by Crippen LogP contribution is 2.28. The third-order valence-corrected chi connectivity index (χ3v) is 3.32. The van der Waals surface area contributed by atoms with Gasteiger partial charge in [-0.15, -0.1) is 0 Å². The molecule has 0 aliphatic rings. The molecule has 1 heterocycles. The van der Waals surface area contributed by atoms with E-state index in [2.05, 4.69) is 22.2 Å². The molecule has 0 spiro atoms. The van der Waals surface area contributed by atoms with E-state index in [0.717, 1.165) is 23.5 Å². The molecule has 1 atom stereocenters. The Morgan fingerprint density at radius 2 is 2.00 bits per heavy atom. The summed E-state index contributed by atoms with van der Waals surface area (Å²) in [7, 11) is 3.25. The van der Waals surface area contributed by atoms with Gasteiger partial charge in [0.15, 0.2) is 11.5 Å². The van der Waals surface area contributed by atoms with Crippen LogP contribution in [0.15, 0.2) is 30.7 Å². The molecule has 0 fully saturated rings. The Balaban J connectivity index is 2.06. The zero-order valence-corrected chi connectivity index (χ0v) is 13.0. The van der Waals surface area contributed by atoms with Gasteiger partial charge >= 0.3 is 0 Å². The van der Waals surface area contributed by atoms with Crippen molar-refractivity contribution in [2.45, 2.75) is 19.4 Å². The molecule has 0 amide bonds. The lowest BCUT2D eigenvalue weighted by molar-refractivity contribution is 0.354. The maximum Gasteiger partial charge on any atom is 0.160 e. The number of benzene rings is 1. The van der Waals surface area contributed by atoms with Gasteiger partial charge in [-0.25, -0.2) is 9.97 Å². The number of halogens is 1. The van der Waals surface area contributed by atoms with Crippen molar-refractivity contribution in [1.29, 1.82) is 0 Å². The molecule has 0 saturated heterocycles. The normalized spacial score (nSPS) is 11.8. The number of nitrogens with zero attached hydrogens (tertiary/aromatic N) is 2. The third kappa shape index (κ3) is 3.98. The van der Waals surface area contributed by atoms with Crippen LogP contribution < -0.4 is 14.8 Å². The molecule has 0 bridgehead atoms. The summed E-state index contributed by atoms with van der Waals surface area (Å²) < 4.78 is 10.5. The van der Waals surface area contributed by atoms with Crippen LogP contribution in [0.1, 0.15) is 12.5 Å². The van der Waals surface area contributed by atoms with E-state index in [4.69, 9.17) is 21.1 Å². The smallest absolute Gasteiger partial charge is 0.160 e. The highest BCUT2D eigenvalue weighted by molar-refractivity contribution is 6.32. The van der Waals surface area contributed by atoms with Gasteiger partial charge in [0.05, 0.1) is 20.4 Å². The first-order chi connectivity index (χ1) is 10.1. The molecule has 6 heteroatoms. The average Bonchev–Trinajstić information content (AvgIpc) is 2.49.